The van der Waals surface area contributed by atoms with Crippen molar-refractivity contribution < 1.29 is 9.59 Å². The molecule has 1 aromatic heterocycles. The van der Waals surface area contributed by atoms with Gasteiger partial charge >= 0.3 is 0 Å². The van der Waals surface area contributed by atoms with Gasteiger partial charge in [-0.3, -0.25) is 14.6 Å². The zero-order chi connectivity index (χ0) is 14.4. The number of nitrogens with one attached hydrogen (secondary N) is 2. The number of hydrogen-bond donors (Lipinski definition) is 3. The fraction of sp³-hybridized carbons (Fsp3) is 0.500. The van der Waals surface area contributed by atoms with Crippen molar-refractivity contribution in [1.29, 1.82) is 0 Å². The maximum atomic E-state index is 11.8. The molecule has 2 atom stereocenters. The Bertz CT molecular complexity index is 464. The minimum Gasteiger partial charge on any atom is -0.352 e. The third kappa shape index (κ3) is 3.77. The van der Waals surface area contributed by atoms with E-state index in [4.69, 9.17) is 5.73 Å². The van der Waals surface area contributed by atoms with Crippen LogP contribution in [0.1, 0.15) is 29.8 Å². The summed E-state index contributed by atoms with van der Waals surface area (Å²) in [6.07, 6.45) is 4.65. The molecule has 1 aliphatic rings. The fourth-order valence-corrected chi connectivity index (χ4v) is 2.51. The van der Waals surface area contributed by atoms with Crippen LogP contribution in [-0.2, 0) is 4.79 Å². The zero-order valence-electron chi connectivity index (χ0n) is 11.3. The van der Waals surface area contributed by atoms with Crippen LogP contribution in [0, 0.1) is 5.92 Å². The lowest BCUT2D eigenvalue weighted by atomic mass is 10.0. The molecule has 6 nitrogen and oxygen atoms in total. The van der Waals surface area contributed by atoms with Gasteiger partial charge in [-0.25, -0.2) is 0 Å². The van der Waals surface area contributed by atoms with Gasteiger partial charge in [0.15, 0.2) is 0 Å². The minimum absolute atomic E-state index is 0.0385. The van der Waals surface area contributed by atoms with Crippen LogP contribution in [0.5, 0.6) is 0 Å². The van der Waals surface area contributed by atoms with Crippen molar-refractivity contribution in [3.05, 3.63) is 30.1 Å². The molecule has 1 aliphatic carbocycles. The lowest BCUT2D eigenvalue weighted by molar-refractivity contribution is -0.121. The number of rotatable bonds is 5. The molecule has 0 bridgehead atoms. The summed E-state index contributed by atoms with van der Waals surface area (Å²) in [5, 5.41) is 5.49. The topological polar surface area (TPSA) is 97.1 Å². The summed E-state index contributed by atoms with van der Waals surface area (Å²) in [7, 11) is 0. The molecule has 1 aromatic rings. The third-order valence-electron chi connectivity index (χ3n) is 3.62. The second-order valence-electron chi connectivity index (χ2n) is 5.00. The number of carbonyl (C=O) groups is 2. The van der Waals surface area contributed by atoms with Crippen LogP contribution < -0.4 is 16.4 Å². The highest BCUT2D eigenvalue weighted by atomic mass is 16.2. The van der Waals surface area contributed by atoms with Gasteiger partial charge < -0.3 is 16.4 Å². The molecule has 108 valence electrons. The van der Waals surface area contributed by atoms with E-state index in [2.05, 4.69) is 15.6 Å². The van der Waals surface area contributed by atoms with Crippen LogP contribution in [-0.4, -0.2) is 35.9 Å². The molecule has 20 heavy (non-hydrogen) atoms. The smallest absolute Gasteiger partial charge is 0.270 e. The summed E-state index contributed by atoms with van der Waals surface area (Å²) in [5.74, 6) is -0.174. The van der Waals surface area contributed by atoms with E-state index in [0.717, 1.165) is 19.3 Å². The van der Waals surface area contributed by atoms with E-state index in [1.165, 1.54) is 0 Å². The lowest BCUT2D eigenvalue weighted by Crippen LogP contribution is -2.44. The quantitative estimate of drug-likeness (QED) is 0.708. The minimum atomic E-state index is -0.345. The Morgan fingerprint density at radius 3 is 2.90 bits per heavy atom. The molecule has 0 aromatic carbocycles. The summed E-state index contributed by atoms with van der Waals surface area (Å²) in [5.41, 5.74) is 5.98. The third-order valence-corrected chi connectivity index (χ3v) is 3.62. The molecular weight excluding hydrogens is 256 g/mol. The van der Waals surface area contributed by atoms with Gasteiger partial charge in [0.2, 0.25) is 5.91 Å². The van der Waals surface area contributed by atoms with Crippen molar-refractivity contribution in [2.24, 2.45) is 11.7 Å². The standard InChI is InChI=1S/C14H20N4O2/c15-8-10-4-3-6-11(10)18-13(19)9-17-14(20)12-5-1-2-7-16-12/h1-2,5,7,10-11H,3-4,6,8-9,15H2,(H,17,20)(H,18,19). The maximum absolute atomic E-state index is 11.8. The van der Waals surface area contributed by atoms with Gasteiger partial charge in [0.1, 0.15) is 5.69 Å². The number of carbonyl (C=O) groups excluding carboxylic acids is 2. The van der Waals surface area contributed by atoms with E-state index in [-0.39, 0.29) is 24.4 Å². The predicted molar refractivity (Wildman–Crippen MR) is 74.9 cm³/mol. The molecule has 6 heteroatoms. The molecule has 2 unspecified atom stereocenters. The maximum Gasteiger partial charge on any atom is 0.270 e. The van der Waals surface area contributed by atoms with Crippen molar-refractivity contribution in [2.45, 2.75) is 25.3 Å². The van der Waals surface area contributed by atoms with E-state index in [0.29, 0.717) is 18.2 Å². The molecule has 2 rings (SSSR count). The van der Waals surface area contributed by atoms with Crippen molar-refractivity contribution in [3.63, 3.8) is 0 Å². The molecule has 0 spiro atoms. The highest BCUT2D eigenvalue weighted by Crippen LogP contribution is 2.24. The fourth-order valence-electron chi connectivity index (χ4n) is 2.51. The molecule has 2 amide bonds. The van der Waals surface area contributed by atoms with Crippen molar-refractivity contribution in [3.8, 4) is 0 Å². The van der Waals surface area contributed by atoms with Gasteiger partial charge in [-0.15, -0.1) is 0 Å². The second kappa shape index (κ2) is 7.00. The SMILES string of the molecule is NCC1CCCC1NC(=O)CNC(=O)c1ccccn1. The average molecular weight is 276 g/mol. The molecule has 0 radical (unpaired) electrons. The van der Waals surface area contributed by atoms with Crippen LogP contribution in [0.2, 0.25) is 0 Å². The molecule has 1 fully saturated rings. The molecule has 0 saturated heterocycles. The normalized spacial score (nSPS) is 21.4. The Hall–Kier alpha value is -1.95. The van der Waals surface area contributed by atoms with Gasteiger partial charge in [0.05, 0.1) is 6.54 Å². The summed E-state index contributed by atoms with van der Waals surface area (Å²) >= 11 is 0. The lowest BCUT2D eigenvalue weighted by Gasteiger charge is -2.19. The zero-order valence-corrected chi connectivity index (χ0v) is 11.3. The number of nitrogens with two attached hydrogens (primary N) is 1. The Balaban J connectivity index is 1.76. The molecular formula is C14H20N4O2. The van der Waals surface area contributed by atoms with Crippen molar-refractivity contribution in [1.82, 2.24) is 15.6 Å². The Morgan fingerprint density at radius 2 is 2.20 bits per heavy atom. The Kier molecular flexibility index (Phi) is 5.06. The highest BCUT2D eigenvalue weighted by molar-refractivity contribution is 5.94. The van der Waals surface area contributed by atoms with E-state index in [1.54, 1.807) is 24.4 Å². The average Bonchev–Trinajstić information content (AvgIpc) is 2.92. The predicted octanol–water partition coefficient (Wildman–Crippen LogP) is 0.0550. The van der Waals surface area contributed by atoms with Crippen LogP contribution >= 0.6 is 0 Å². The van der Waals surface area contributed by atoms with Gasteiger partial charge in [-0.2, -0.15) is 0 Å². The molecule has 1 heterocycles. The van der Waals surface area contributed by atoms with Gasteiger partial charge in [-0.05, 0) is 37.4 Å². The second-order valence-corrected chi connectivity index (χ2v) is 5.00. The van der Waals surface area contributed by atoms with Gasteiger partial charge in [0.25, 0.3) is 5.91 Å². The van der Waals surface area contributed by atoms with E-state index in [1.807, 2.05) is 0 Å². The molecule has 1 saturated carbocycles. The Morgan fingerprint density at radius 1 is 1.35 bits per heavy atom. The van der Waals surface area contributed by atoms with Crippen LogP contribution in [0.4, 0.5) is 0 Å². The highest BCUT2D eigenvalue weighted by Gasteiger charge is 2.27. The van der Waals surface area contributed by atoms with E-state index >= 15 is 0 Å². The summed E-state index contributed by atoms with van der Waals surface area (Å²) < 4.78 is 0. The van der Waals surface area contributed by atoms with E-state index in [9.17, 15) is 9.59 Å². The monoisotopic (exact) mass is 276 g/mol. The number of amides is 2. The summed E-state index contributed by atoms with van der Waals surface area (Å²) in [6.45, 7) is 0.550. The van der Waals surface area contributed by atoms with Crippen LogP contribution in [0.3, 0.4) is 0 Å². The summed E-state index contributed by atoms with van der Waals surface area (Å²) in [6, 6.07) is 5.21. The van der Waals surface area contributed by atoms with Crippen LogP contribution in [0.15, 0.2) is 24.4 Å². The Labute approximate surface area is 118 Å². The van der Waals surface area contributed by atoms with Crippen molar-refractivity contribution in [2.75, 3.05) is 13.1 Å². The van der Waals surface area contributed by atoms with E-state index < -0.39 is 0 Å². The number of hydrogen-bond acceptors (Lipinski definition) is 4. The molecule has 0 aliphatic heterocycles. The summed E-state index contributed by atoms with van der Waals surface area (Å²) in [4.78, 5) is 27.5. The molecule has 4 N–H and O–H groups in total. The first kappa shape index (κ1) is 14.5. The number of nitrogens with zero attached hydrogens (tertiary/aromatic N) is 1. The largest absolute Gasteiger partial charge is 0.352 e. The van der Waals surface area contributed by atoms with Crippen molar-refractivity contribution >= 4 is 11.8 Å². The first-order valence-corrected chi connectivity index (χ1v) is 6.89. The first-order chi connectivity index (χ1) is 9.70. The first-order valence-electron chi connectivity index (χ1n) is 6.89. The van der Waals surface area contributed by atoms with Crippen LogP contribution in [0.25, 0.3) is 0 Å². The van der Waals surface area contributed by atoms with Gasteiger partial charge in [0, 0.05) is 12.2 Å². The van der Waals surface area contributed by atoms with Gasteiger partial charge in [-0.1, -0.05) is 12.5 Å². The number of pyridine rings is 1. The number of aromatic nitrogens is 1.